The Bertz CT molecular complexity index is 293. The summed E-state index contributed by atoms with van der Waals surface area (Å²) in [5.41, 5.74) is 5.83. The number of amides is 1. The molecule has 0 radical (unpaired) electrons. The summed E-state index contributed by atoms with van der Waals surface area (Å²) in [6.07, 6.45) is 10.4. The number of nitrogens with two attached hydrogens (primary N) is 1. The van der Waals surface area contributed by atoms with E-state index in [4.69, 9.17) is 5.73 Å². The first-order valence-corrected chi connectivity index (χ1v) is 8.44. The van der Waals surface area contributed by atoms with Crippen molar-refractivity contribution in [2.75, 3.05) is 13.1 Å². The molecule has 0 unspecified atom stereocenters. The number of carbonyl (C=O) groups excluding carboxylic acids is 1. The molecule has 0 heterocycles. The van der Waals surface area contributed by atoms with Crippen LogP contribution in [0, 0.1) is 10.8 Å². The van der Waals surface area contributed by atoms with Gasteiger partial charge < -0.3 is 11.1 Å². The highest BCUT2D eigenvalue weighted by Gasteiger charge is 2.38. The zero-order chi connectivity index (χ0) is 15.1. The highest BCUT2D eigenvalue weighted by atomic mass is 16.2. The fourth-order valence-electron chi connectivity index (χ4n) is 3.20. The van der Waals surface area contributed by atoms with Crippen LogP contribution in [0.4, 0.5) is 0 Å². The van der Waals surface area contributed by atoms with Crippen LogP contribution in [0.25, 0.3) is 0 Å². The van der Waals surface area contributed by atoms with Crippen LogP contribution in [0.15, 0.2) is 0 Å². The van der Waals surface area contributed by atoms with Crippen molar-refractivity contribution >= 4 is 5.91 Å². The highest BCUT2D eigenvalue weighted by molar-refractivity contribution is 5.83. The van der Waals surface area contributed by atoms with Gasteiger partial charge in [-0.1, -0.05) is 59.3 Å². The Kier molecular flexibility index (Phi) is 7.01. The topological polar surface area (TPSA) is 55.1 Å². The van der Waals surface area contributed by atoms with Gasteiger partial charge in [0.15, 0.2) is 0 Å². The summed E-state index contributed by atoms with van der Waals surface area (Å²) in [5.74, 6) is 0.197. The molecule has 118 valence electrons. The normalized spacial score (nSPS) is 18.8. The van der Waals surface area contributed by atoms with Crippen LogP contribution in [-0.2, 0) is 4.79 Å². The van der Waals surface area contributed by atoms with Gasteiger partial charge in [-0.05, 0) is 24.7 Å². The quantitative estimate of drug-likeness (QED) is 0.668. The van der Waals surface area contributed by atoms with E-state index in [2.05, 4.69) is 26.1 Å². The average molecular weight is 282 g/mol. The zero-order valence-electron chi connectivity index (χ0n) is 13.8. The number of hydrogen-bond acceptors (Lipinski definition) is 2. The third kappa shape index (κ3) is 5.08. The molecule has 1 amide bonds. The van der Waals surface area contributed by atoms with E-state index in [0.717, 1.165) is 32.2 Å². The van der Waals surface area contributed by atoms with E-state index in [1.54, 1.807) is 0 Å². The van der Waals surface area contributed by atoms with Gasteiger partial charge in [0, 0.05) is 13.1 Å². The molecule has 0 aliphatic heterocycles. The Morgan fingerprint density at radius 2 is 1.85 bits per heavy atom. The first kappa shape index (κ1) is 17.5. The maximum Gasteiger partial charge on any atom is 0.227 e. The number of carbonyl (C=O) groups is 1. The van der Waals surface area contributed by atoms with E-state index in [0.29, 0.717) is 6.54 Å². The molecule has 1 rings (SSSR count). The zero-order valence-corrected chi connectivity index (χ0v) is 13.8. The van der Waals surface area contributed by atoms with Crippen molar-refractivity contribution < 1.29 is 4.79 Å². The molecule has 0 saturated heterocycles. The maximum absolute atomic E-state index is 12.5. The lowest BCUT2D eigenvalue weighted by atomic mass is 9.73. The van der Waals surface area contributed by atoms with E-state index >= 15 is 0 Å². The van der Waals surface area contributed by atoms with Crippen LogP contribution in [0.5, 0.6) is 0 Å². The number of rotatable bonds is 8. The molecule has 0 aromatic carbocycles. The van der Waals surface area contributed by atoms with Crippen molar-refractivity contribution in [2.45, 2.75) is 78.6 Å². The Morgan fingerprint density at radius 1 is 1.20 bits per heavy atom. The van der Waals surface area contributed by atoms with Gasteiger partial charge in [0.2, 0.25) is 5.91 Å². The molecule has 0 spiro atoms. The summed E-state index contributed by atoms with van der Waals surface area (Å²) >= 11 is 0. The lowest BCUT2D eigenvalue weighted by Gasteiger charge is -2.36. The molecule has 3 N–H and O–H groups in total. The van der Waals surface area contributed by atoms with E-state index in [-0.39, 0.29) is 16.7 Å². The first-order chi connectivity index (χ1) is 9.46. The number of unbranched alkanes of at least 4 members (excludes halogenated alkanes) is 2. The largest absolute Gasteiger partial charge is 0.355 e. The minimum Gasteiger partial charge on any atom is -0.355 e. The minimum atomic E-state index is -0.280. The summed E-state index contributed by atoms with van der Waals surface area (Å²) in [6, 6.07) is 0. The van der Waals surface area contributed by atoms with Crippen LogP contribution in [-0.4, -0.2) is 19.0 Å². The Hall–Kier alpha value is -0.570. The summed E-state index contributed by atoms with van der Waals surface area (Å²) in [6.45, 7) is 7.99. The second-order valence-electron chi connectivity index (χ2n) is 7.35. The van der Waals surface area contributed by atoms with Crippen molar-refractivity contribution in [3.05, 3.63) is 0 Å². The van der Waals surface area contributed by atoms with Crippen LogP contribution < -0.4 is 11.1 Å². The third-order valence-electron chi connectivity index (χ3n) is 4.87. The third-order valence-corrected chi connectivity index (χ3v) is 4.87. The Labute approximate surface area is 125 Å². The highest BCUT2D eigenvalue weighted by Crippen LogP contribution is 2.35. The van der Waals surface area contributed by atoms with Crippen LogP contribution in [0.2, 0.25) is 0 Å². The predicted molar refractivity (Wildman–Crippen MR) is 85.5 cm³/mol. The first-order valence-electron chi connectivity index (χ1n) is 8.44. The summed E-state index contributed by atoms with van der Waals surface area (Å²) in [5, 5.41) is 3.19. The molecule has 3 heteroatoms. The van der Waals surface area contributed by atoms with Gasteiger partial charge in [0.05, 0.1) is 5.41 Å². The van der Waals surface area contributed by atoms with Crippen molar-refractivity contribution in [2.24, 2.45) is 16.6 Å². The molecule has 0 atom stereocenters. The fourth-order valence-corrected chi connectivity index (χ4v) is 3.20. The van der Waals surface area contributed by atoms with Gasteiger partial charge in [0.25, 0.3) is 0 Å². The smallest absolute Gasteiger partial charge is 0.227 e. The molecule has 1 aliphatic rings. The van der Waals surface area contributed by atoms with Crippen LogP contribution in [0.3, 0.4) is 0 Å². The van der Waals surface area contributed by atoms with Gasteiger partial charge in [0.1, 0.15) is 0 Å². The van der Waals surface area contributed by atoms with Crippen LogP contribution >= 0.6 is 0 Å². The predicted octanol–water partition coefficient (Wildman–Crippen LogP) is 3.62. The molecule has 1 fully saturated rings. The van der Waals surface area contributed by atoms with Gasteiger partial charge in [-0.3, -0.25) is 4.79 Å². The summed E-state index contributed by atoms with van der Waals surface area (Å²) in [7, 11) is 0. The second-order valence-corrected chi connectivity index (χ2v) is 7.35. The Balaban J connectivity index is 2.44. The van der Waals surface area contributed by atoms with Gasteiger partial charge in [-0.15, -0.1) is 0 Å². The molecule has 3 nitrogen and oxygen atoms in total. The standard InChI is InChI=1S/C17H34N2O/c1-4-5-7-10-16(2,3)14-19-15(20)17(13-18)11-8-6-9-12-17/h4-14,18H2,1-3H3,(H,19,20). The molecule has 1 aliphatic carbocycles. The number of nitrogens with one attached hydrogen (secondary N) is 1. The van der Waals surface area contributed by atoms with Crippen molar-refractivity contribution in [3.63, 3.8) is 0 Å². The Morgan fingerprint density at radius 3 is 2.40 bits per heavy atom. The lowest BCUT2D eigenvalue weighted by Crippen LogP contribution is -2.49. The van der Waals surface area contributed by atoms with Gasteiger partial charge in [-0.25, -0.2) is 0 Å². The molecular weight excluding hydrogens is 248 g/mol. The van der Waals surface area contributed by atoms with Gasteiger partial charge in [-0.2, -0.15) is 0 Å². The lowest BCUT2D eigenvalue weighted by molar-refractivity contribution is -0.132. The second kappa shape index (κ2) is 8.02. The van der Waals surface area contributed by atoms with Gasteiger partial charge >= 0.3 is 0 Å². The van der Waals surface area contributed by atoms with E-state index in [1.165, 1.54) is 32.1 Å². The molecule has 20 heavy (non-hydrogen) atoms. The van der Waals surface area contributed by atoms with Crippen LogP contribution in [0.1, 0.15) is 78.6 Å². The molecule has 0 bridgehead atoms. The monoisotopic (exact) mass is 282 g/mol. The van der Waals surface area contributed by atoms with Crippen molar-refractivity contribution in [1.29, 1.82) is 0 Å². The fraction of sp³-hybridized carbons (Fsp3) is 0.941. The van der Waals surface area contributed by atoms with E-state index in [1.807, 2.05) is 0 Å². The van der Waals surface area contributed by atoms with E-state index in [9.17, 15) is 4.79 Å². The average Bonchev–Trinajstić information content (AvgIpc) is 2.45. The van der Waals surface area contributed by atoms with E-state index < -0.39 is 0 Å². The maximum atomic E-state index is 12.5. The minimum absolute atomic E-state index is 0.190. The number of hydrogen-bond donors (Lipinski definition) is 2. The molecule has 0 aromatic heterocycles. The summed E-state index contributed by atoms with van der Waals surface area (Å²) < 4.78 is 0. The summed E-state index contributed by atoms with van der Waals surface area (Å²) in [4.78, 5) is 12.5. The van der Waals surface area contributed by atoms with Crippen molar-refractivity contribution in [3.8, 4) is 0 Å². The molecule has 1 saturated carbocycles. The molecule has 0 aromatic rings. The molecular formula is C17H34N2O. The van der Waals surface area contributed by atoms with Crippen molar-refractivity contribution in [1.82, 2.24) is 5.32 Å². The SMILES string of the molecule is CCCCCC(C)(C)CNC(=O)C1(CN)CCCCC1.